The molecule has 0 spiro atoms. The Kier molecular flexibility index (Phi) is 39.9. The molecule has 0 aromatic rings. The molecule has 0 heterocycles. The van der Waals surface area contributed by atoms with Gasteiger partial charge < -0.3 is 15.5 Å². The lowest BCUT2D eigenvalue weighted by atomic mass is 10.0. The first-order valence-corrected chi connectivity index (χ1v) is 21.7. The van der Waals surface area contributed by atoms with E-state index in [4.69, 9.17) is 0 Å². The van der Waals surface area contributed by atoms with E-state index in [2.05, 4.69) is 43.5 Å². The number of hydrogen-bond donors (Lipinski definition) is 3. The van der Waals surface area contributed by atoms with E-state index in [1.807, 2.05) is 6.08 Å². The van der Waals surface area contributed by atoms with E-state index in [1.165, 1.54) is 173 Å². The molecule has 4 nitrogen and oxygen atoms in total. The minimum Gasteiger partial charge on any atom is -0.394 e. The smallest absolute Gasteiger partial charge is 0.220 e. The summed E-state index contributed by atoms with van der Waals surface area (Å²) in [5, 5.41) is 22.7. The fraction of sp³-hybridized carbons (Fsp3) is 0.844. The summed E-state index contributed by atoms with van der Waals surface area (Å²) in [6.45, 7) is 4.23. The highest BCUT2D eigenvalue weighted by molar-refractivity contribution is 5.76. The Morgan fingerprint density at radius 3 is 1.24 bits per heavy atom. The first-order valence-electron chi connectivity index (χ1n) is 21.7. The van der Waals surface area contributed by atoms with Gasteiger partial charge in [-0.1, -0.05) is 204 Å². The van der Waals surface area contributed by atoms with Gasteiger partial charge in [0.05, 0.1) is 18.8 Å². The van der Waals surface area contributed by atoms with Gasteiger partial charge in [-0.2, -0.15) is 0 Å². The third-order valence-electron chi connectivity index (χ3n) is 9.87. The molecule has 288 valence electrons. The van der Waals surface area contributed by atoms with Crippen molar-refractivity contribution in [2.24, 2.45) is 0 Å². The highest BCUT2D eigenvalue weighted by Gasteiger charge is 2.17. The number of rotatable bonds is 39. The Bertz CT molecular complexity index is 746. The average Bonchev–Trinajstić information content (AvgIpc) is 3.10. The van der Waals surface area contributed by atoms with Crippen molar-refractivity contribution in [2.45, 2.75) is 238 Å². The fourth-order valence-electron chi connectivity index (χ4n) is 6.50. The number of amides is 1. The number of allylic oxidation sites excluding steroid dienone is 5. The van der Waals surface area contributed by atoms with Crippen LogP contribution >= 0.6 is 0 Å². The number of aliphatic hydroxyl groups is 2. The van der Waals surface area contributed by atoms with E-state index < -0.39 is 12.1 Å². The molecule has 0 aliphatic rings. The summed E-state index contributed by atoms with van der Waals surface area (Å²) in [7, 11) is 0. The van der Waals surface area contributed by atoms with Gasteiger partial charge in [0.2, 0.25) is 5.91 Å². The van der Waals surface area contributed by atoms with Gasteiger partial charge in [0.25, 0.3) is 0 Å². The zero-order valence-electron chi connectivity index (χ0n) is 33.0. The largest absolute Gasteiger partial charge is 0.394 e. The topological polar surface area (TPSA) is 69.6 Å². The standard InChI is InChI=1S/C45H85NO3/c1-3-5-7-9-11-12-13-14-15-16-17-18-19-20-21-22-23-24-25-26-27-28-29-30-31-32-33-34-35-37-39-41-45(49)46-43(42-47)44(48)40-38-36-10-8-6-4-2/h13-14,16-17,38,40,43-44,47-48H,3-12,15,18-37,39,41-42H2,1-2H3,(H,46,49)/b14-13-,17-16-,40-38+. The van der Waals surface area contributed by atoms with Crippen molar-refractivity contribution in [1.82, 2.24) is 5.32 Å². The number of carbonyl (C=O) groups is 1. The minimum absolute atomic E-state index is 0.0682. The maximum Gasteiger partial charge on any atom is 0.220 e. The van der Waals surface area contributed by atoms with Crippen LogP contribution in [0, 0.1) is 0 Å². The molecule has 0 saturated carbocycles. The van der Waals surface area contributed by atoms with E-state index in [9.17, 15) is 15.0 Å². The van der Waals surface area contributed by atoms with Crippen LogP contribution in [0.3, 0.4) is 0 Å². The second-order valence-electron chi connectivity index (χ2n) is 14.8. The van der Waals surface area contributed by atoms with Crippen molar-refractivity contribution < 1.29 is 15.0 Å². The molecule has 0 aromatic carbocycles. The van der Waals surface area contributed by atoms with Crippen LogP contribution in [0.25, 0.3) is 0 Å². The lowest BCUT2D eigenvalue weighted by Gasteiger charge is -2.20. The zero-order valence-corrected chi connectivity index (χ0v) is 33.0. The molecule has 0 fully saturated rings. The summed E-state index contributed by atoms with van der Waals surface area (Å²) in [5.41, 5.74) is 0. The van der Waals surface area contributed by atoms with Gasteiger partial charge in [-0.3, -0.25) is 4.79 Å². The quantitative estimate of drug-likeness (QED) is 0.0445. The molecule has 0 saturated heterocycles. The van der Waals surface area contributed by atoms with Gasteiger partial charge in [-0.25, -0.2) is 0 Å². The second kappa shape index (κ2) is 41.0. The van der Waals surface area contributed by atoms with Gasteiger partial charge in [0.15, 0.2) is 0 Å². The third kappa shape index (κ3) is 37.7. The summed E-state index contributed by atoms with van der Waals surface area (Å²) < 4.78 is 0. The molecule has 2 atom stereocenters. The zero-order chi connectivity index (χ0) is 35.7. The summed E-state index contributed by atoms with van der Waals surface area (Å²) in [6, 6.07) is -0.616. The highest BCUT2D eigenvalue weighted by atomic mass is 16.3. The van der Waals surface area contributed by atoms with E-state index in [0.717, 1.165) is 32.1 Å². The third-order valence-corrected chi connectivity index (χ3v) is 9.87. The number of nitrogens with one attached hydrogen (secondary N) is 1. The van der Waals surface area contributed by atoms with E-state index in [1.54, 1.807) is 6.08 Å². The van der Waals surface area contributed by atoms with Crippen LogP contribution in [-0.4, -0.2) is 34.9 Å². The van der Waals surface area contributed by atoms with Crippen LogP contribution in [0.5, 0.6) is 0 Å². The molecule has 3 N–H and O–H groups in total. The minimum atomic E-state index is -0.833. The predicted molar refractivity (Wildman–Crippen MR) is 216 cm³/mol. The lowest BCUT2D eigenvalue weighted by Crippen LogP contribution is -2.45. The Morgan fingerprint density at radius 1 is 0.490 bits per heavy atom. The van der Waals surface area contributed by atoms with Crippen LogP contribution in [0.1, 0.15) is 226 Å². The molecule has 2 unspecified atom stereocenters. The van der Waals surface area contributed by atoms with Crippen LogP contribution < -0.4 is 5.32 Å². The van der Waals surface area contributed by atoms with Crippen LogP contribution in [0.2, 0.25) is 0 Å². The average molecular weight is 688 g/mol. The maximum absolute atomic E-state index is 12.3. The van der Waals surface area contributed by atoms with Gasteiger partial charge in [-0.05, 0) is 51.4 Å². The molecule has 0 aliphatic carbocycles. The Labute approximate surface area is 306 Å². The second-order valence-corrected chi connectivity index (χ2v) is 14.8. The van der Waals surface area contributed by atoms with Crippen molar-refractivity contribution >= 4 is 5.91 Å². The summed E-state index contributed by atoms with van der Waals surface area (Å²) >= 11 is 0. The molecule has 0 aliphatic heterocycles. The van der Waals surface area contributed by atoms with Crippen LogP contribution in [0.15, 0.2) is 36.5 Å². The Hall–Kier alpha value is -1.39. The fourth-order valence-corrected chi connectivity index (χ4v) is 6.50. The number of carbonyl (C=O) groups excluding carboxylic acids is 1. The Morgan fingerprint density at radius 2 is 0.837 bits per heavy atom. The van der Waals surface area contributed by atoms with E-state index >= 15 is 0 Å². The molecular weight excluding hydrogens is 602 g/mol. The molecule has 0 aromatic heterocycles. The summed E-state index contributed by atoms with van der Waals surface area (Å²) in [4.78, 5) is 12.3. The molecule has 0 rings (SSSR count). The molecule has 4 heteroatoms. The first-order chi connectivity index (χ1) is 24.2. The van der Waals surface area contributed by atoms with Crippen molar-refractivity contribution in [1.29, 1.82) is 0 Å². The number of aliphatic hydroxyl groups excluding tert-OH is 2. The van der Waals surface area contributed by atoms with Crippen LogP contribution in [0.4, 0.5) is 0 Å². The monoisotopic (exact) mass is 688 g/mol. The first kappa shape index (κ1) is 47.6. The van der Waals surface area contributed by atoms with E-state index in [-0.39, 0.29) is 12.5 Å². The van der Waals surface area contributed by atoms with Gasteiger partial charge in [-0.15, -0.1) is 0 Å². The SMILES string of the molecule is CCCCCC/C=C/C(O)C(CO)NC(=O)CCCCCCCCCCCCCCCCCCCCC/C=C\C/C=C\CCCCCCC. The van der Waals surface area contributed by atoms with Crippen molar-refractivity contribution in [3.8, 4) is 0 Å². The van der Waals surface area contributed by atoms with Crippen molar-refractivity contribution in [3.63, 3.8) is 0 Å². The van der Waals surface area contributed by atoms with E-state index in [0.29, 0.717) is 6.42 Å². The van der Waals surface area contributed by atoms with Gasteiger partial charge in [0, 0.05) is 6.42 Å². The molecule has 0 radical (unpaired) electrons. The maximum atomic E-state index is 12.3. The molecule has 49 heavy (non-hydrogen) atoms. The number of hydrogen-bond acceptors (Lipinski definition) is 3. The van der Waals surface area contributed by atoms with Gasteiger partial charge >= 0.3 is 0 Å². The summed E-state index contributed by atoms with van der Waals surface area (Å²) in [5.74, 6) is -0.0682. The van der Waals surface area contributed by atoms with Crippen LogP contribution in [-0.2, 0) is 4.79 Å². The summed E-state index contributed by atoms with van der Waals surface area (Å²) in [6.07, 6.45) is 54.3. The van der Waals surface area contributed by atoms with Gasteiger partial charge in [0.1, 0.15) is 0 Å². The lowest BCUT2D eigenvalue weighted by molar-refractivity contribution is -0.123. The highest BCUT2D eigenvalue weighted by Crippen LogP contribution is 2.15. The molecule has 1 amide bonds. The predicted octanol–water partition coefficient (Wildman–Crippen LogP) is 13.4. The van der Waals surface area contributed by atoms with Crippen molar-refractivity contribution in [2.75, 3.05) is 6.61 Å². The van der Waals surface area contributed by atoms with Crippen molar-refractivity contribution in [3.05, 3.63) is 36.5 Å². The number of unbranched alkanes of at least 4 members (excludes halogenated alkanes) is 28. The molecule has 0 bridgehead atoms. The molecular formula is C45H85NO3. The normalized spacial score (nSPS) is 13.3. The Balaban J connectivity index is 3.38.